The highest BCUT2D eigenvalue weighted by atomic mass is 32.1. The molecule has 2 aromatic carbocycles. The Kier molecular flexibility index (Phi) is 7.52. The fourth-order valence-corrected chi connectivity index (χ4v) is 6.14. The topological polar surface area (TPSA) is 67.4 Å². The van der Waals surface area contributed by atoms with Gasteiger partial charge in [0.05, 0.1) is 12.7 Å². The van der Waals surface area contributed by atoms with Gasteiger partial charge >= 0.3 is 0 Å². The summed E-state index contributed by atoms with van der Waals surface area (Å²) >= 11 is 1.54. The lowest BCUT2D eigenvalue weighted by Crippen LogP contribution is -2.27. The summed E-state index contributed by atoms with van der Waals surface area (Å²) in [6.45, 7) is 13.3. The number of benzene rings is 2. The van der Waals surface area contributed by atoms with E-state index in [1.807, 2.05) is 48.5 Å². The van der Waals surface area contributed by atoms with E-state index in [0.29, 0.717) is 27.7 Å². The van der Waals surface area contributed by atoms with Crippen LogP contribution in [-0.2, 0) is 18.3 Å². The van der Waals surface area contributed by atoms with Crippen molar-refractivity contribution in [3.05, 3.63) is 75.7 Å². The predicted octanol–water partition coefficient (Wildman–Crippen LogP) is 7.71. The molecule has 0 saturated carbocycles. The molecule has 0 aliphatic heterocycles. The average Bonchev–Trinajstić information content (AvgIpc) is 3.20. The summed E-state index contributed by atoms with van der Waals surface area (Å²) in [5.41, 5.74) is 4.28. The van der Waals surface area contributed by atoms with Crippen LogP contribution in [0.2, 0.25) is 0 Å². The van der Waals surface area contributed by atoms with Crippen molar-refractivity contribution >= 4 is 33.8 Å². The first-order chi connectivity index (χ1) is 17.4. The van der Waals surface area contributed by atoms with Crippen molar-refractivity contribution in [1.29, 1.82) is 0 Å². The number of methoxy groups -OCH3 is 1. The Morgan fingerprint density at radius 2 is 1.54 bits per heavy atom. The molecule has 4 rings (SSSR count). The zero-order valence-corrected chi connectivity index (χ0v) is 23.8. The maximum Gasteiger partial charge on any atom is 0.258 e. The van der Waals surface area contributed by atoms with E-state index >= 15 is 0 Å². The zero-order valence-electron chi connectivity index (χ0n) is 23.0. The van der Waals surface area contributed by atoms with E-state index in [2.05, 4.69) is 52.2 Å². The molecule has 0 saturated heterocycles. The van der Waals surface area contributed by atoms with Gasteiger partial charge in [0, 0.05) is 16.1 Å². The normalized spacial score (nSPS) is 15.6. The zero-order chi connectivity index (χ0) is 27.0. The minimum atomic E-state index is -0.204. The molecule has 0 radical (unpaired) electrons. The number of amides is 2. The molecule has 37 heavy (non-hydrogen) atoms. The van der Waals surface area contributed by atoms with Crippen LogP contribution >= 0.6 is 11.3 Å². The van der Waals surface area contributed by atoms with Crippen LogP contribution in [0.15, 0.2) is 48.5 Å². The van der Waals surface area contributed by atoms with Crippen LogP contribution in [0.25, 0.3) is 0 Å². The van der Waals surface area contributed by atoms with Gasteiger partial charge in [-0.05, 0) is 83.5 Å². The van der Waals surface area contributed by atoms with Gasteiger partial charge in [0.2, 0.25) is 0 Å². The van der Waals surface area contributed by atoms with Crippen molar-refractivity contribution in [3.8, 4) is 5.75 Å². The van der Waals surface area contributed by atoms with E-state index in [4.69, 9.17) is 4.74 Å². The molecule has 0 unspecified atom stereocenters. The fourth-order valence-electron chi connectivity index (χ4n) is 4.82. The largest absolute Gasteiger partial charge is 0.497 e. The lowest BCUT2D eigenvalue weighted by Gasteiger charge is -2.33. The molecule has 0 fully saturated rings. The Bertz CT molecular complexity index is 1280. The second-order valence-corrected chi connectivity index (χ2v) is 13.1. The van der Waals surface area contributed by atoms with Crippen LogP contribution in [0.5, 0.6) is 5.75 Å². The summed E-state index contributed by atoms with van der Waals surface area (Å²) in [7, 11) is 1.61. The molecule has 1 aliphatic carbocycles. The van der Waals surface area contributed by atoms with Crippen LogP contribution in [0, 0.1) is 11.3 Å². The number of ether oxygens (including phenoxy) is 1. The Morgan fingerprint density at radius 3 is 2.11 bits per heavy atom. The third-order valence-corrected chi connectivity index (χ3v) is 8.47. The highest BCUT2D eigenvalue weighted by molar-refractivity contribution is 7.17. The molecule has 3 aromatic rings. The average molecular weight is 519 g/mol. The second kappa shape index (κ2) is 10.3. The Labute approximate surface area is 224 Å². The van der Waals surface area contributed by atoms with Gasteiger partial charge in [-0.25, -0.2) is 0 Å². The molecule has 1 atom stereocenters. The number of anilines is 2. The Hall–Kier alpha value is -3.12. The van der Waals surface area contributed by atoms with E-state index in [1.165, 1.54) is 10.4 Å². The van der Waals surface area contributed by atoms with E-state index in [1.54, 1.807) is 18.4 Å². The number of thiophene rings is 1. The number of hydrogen-bond donors (Lipinski definition) is 2. The minimum absolute atomic E-state index is 0.0120. The monoisotopic (exact) mass is 518 g/mol. The Morgan fingerprint density at radius 1 is 0.892 bits per heavy atom. The lowest BCUT2D eigenvalue weighted by atomic mass is 9.72. The van der Waals surface area contributed by atoms with Crippen molar-refractivity contribution in [3.63, 3.8) is 0 Å². The summed E-state index contributed by atoms with van der Waals surface area (Å²) in [6.07, 6.45) is 2.77. The molecule has 2 amide bonds. The number of rotatable bonds is 5. The first kappa shape index (κ1) is 26.9. The lowest BCUT2D eigenvalue weighted by molar-refractivity contribution is 0.102. The van der Waals surface area contributed by atoms with Crippen LogP contribution in [0.4, 0.5) is 10.7 Å². The smallest absolute Gasteiger partial charge is 0.258 e. The van der Waals surface area contributed by atoms with Gasteiger partial charge in [-0.2, -0.15) is 0 Å². The molecule has 0 spiro atoms. The number of carbonyl (C=O) groups excluding carboxylic acids is 2. The molecule has 6 heteroatoms. The van der Waals surface area contributed by atoms with Crippen LogP contribution in [0.3, 0.4) is 0 Å². The molecule has 1 aliphatic rings. The van der Waals surface area contributed by atoms with Gasteiger partial charge < -0.3 is 15.4 Å². The van der Waals surface area contributed by atoms with Crippen molar-refractivity contribution in [2.24, 2.45) is 11.3 Å². The van der Waals surface area contributed by atoms with Gasteiger partial charge in [-0.15, -0.1) is 11.3 Å². The molecule has 1 aromatic heterocycles. The van der Waals surface area contributed by atoms with Gasteiger partial charge in [0.1, 0.15) is 10.8 Å². The van der Waals surface area contributed by atoms with E-state index in [9.17, 15) is 9.59 Å². The van der Waals surface area contributed by atoms with Crippen molar-refractivity contribution in [2.75, 3.05) is 17.7 Å². The number of fused-ring (bicyclic) bond motifs is 1. The first-order valence-electron chi connectivity index (χ1n) is 12.9. The van der Waals surface area contributed by atoms with Crippen LogP contribution in [0.1, 0.15) is 84.7 Å². The first-order valence-corrected chi connectivity index (χ1v) is 13.7. The summed E-state index contributed by atoms with van der Waals surface area (Å²) in [5, 5.41) is 6.73. The summed E-state index contributed by atoms with van der Waals surface area (Å²) in [6, 6.07) is 15.0. The molecule has 1 heterocycles. The summed E-state index contributed by atoms with van der Waals surface area (Å²) < 4.78 is 5.23. The maximum absolute atomic E-state index is 13.6. The fraction of sp³-hybridized carbons (Fsp3) is 0.419. The van der Waals surface area contributed by atoms with Gasteiger partial charge in [-0.3, -0.25) is 9.59 Å². The third kappa shape index (κ3) is 6.07. The SMILES string of the molecule is COc1ccc(NC(=O)c2c(NC(=O)c3ccc(C(C)(C)C)cc3)sc3c2CC[C@H](C(C)(C)C)C3)cc1. The molecule has 5 nitrogen and oxygen atoms in total. The highest BCUT2D eigenvalue weighted by Crippen LogP contribution is 2.44. The van der Waals surface area contributed by atoms with Crippen molar-refractivity contribution in [1.82, 2.24) is 0 Å². The molecule has 2 N–H and O–H groups in total. The van der Waals surface area contributed by atoms with Gasteiger partial charge in [0.25, 0.3) is 11.8 Å². The summed E-state index contributed by atoms with van der Waals surface area (Å²) in [5.74, 6) is 0.856. The van der Waals surface area contributed by atoms with Gasteiger partial charge in [-0.1, -0.05) is 53.7 Å². The molecule has 0 bridgehead atoms. The molecule has 196 valence electrons. The van der Waals surface area contributed by atoms with E-state index < -0.39 is 0 Å². The predicted molar refractivity (Wildman–Crippen MR) is 153 cm³/mol. The number of hydrogen-bond acceptors (Lipinski definition) is 4. The molecular formula is C31H38N2O3S. The number of carbonyl (C=O) groups is 2. The van der Waals surface area contributed by atoms with Crippen LogP contribution in [-0.4, -0.2) is 18.9 Å². The number of nitrogens with one attached hydrogen (secondary N) is 2. The third-order valence-electron chi connectivity index (χ3n) is 7.31. The highest BCUT2D eigenvalue weighted by Gasteiger charge is 2.34. The van der Waals surface area contributed by atoms with Crippen molar-refractivity contribution in [2.45, 2.75) is 66.2 Å². The Balaban J connectivity index is 1.64. The maximum atomic E-state index is 13.6. The van der Waals surface area contributed by atoms with Gasteiger partial charge in [0.15, 0.2) is 0 Å². The minimum Gasteiger partial charge on any atom is -0.497 e. The van der Waals surface area contributed by atoms with Crippen LogP contribution < -0.4 is 15.4 Å². The summed E-state index contributed by atoms with van der Waals surface area (Å²) in [4.78, 5) is 28.1. The van der Waals surface area contributed by atoms with E-state index in [0.717, 1.165) is 30.6 Å². The standard InChI is InChI=1S/C31H38N2O3S/c1-30(2,3)20-10-8-19(9-11-20)27(34)33-29-26(28(35)32-22-13-15-23(36-7)16-14-22)24-17-12-21(31(4,5)6)18-25(24)37-29/h8-11,13-16,21H,12,17-18H2,1-7H3,(H,32,35)(H,33,34)/t21-/m0/s1. The quantitative estimate of drug-likeness (QED) is 0.363. The van der Waals surface area contributed by atoms with Crippen molar-refractivity contribution < 1.29 is 14.3 Å². The molecular weight excluding hydrogens is 480 g/mol. The van der Waals surface area contributed by atoms with E-state index in [-0.39, 0.29) is 22.6 Å². The second-order valence-electron chi connectivity index (χ2n) is 12.0.